The van der Waals surface area contributed by atoms with Crippen LogP contribution in [-0.4, -0.2) is 86.8 Å². The fourth-order valence-electron chi connectivity index (χ4n) is 2.77. The van der Waals surface area contributed by atoms with Crippen LogP contribution in [0.15, 0.2) is 4.99 Å². The average Bonchev–Trinajstić information content (AvgIpc) is 2.94. The van der Waals surface area contributed by atoms with E-state index in [9.17, 15) is 0 Å². The molecular weight excluding hydrogens is 387 g/mol. The van der Waals surface area contributed by atoms with Crippen molar-refractivity contribution < 1.29 is 4.74 Å². The largest absolute Gasteiger partial charge is 0.379 e. The highest BCUT2D eigenvalue weighted by Crippen LogP contribution is 2.16. The fourth-order valence-corrected chi connectivity index (χ4v) is 3.08. The Hall–Kier alpha value is 0.270. The van der Waals surface area contributed by atoms with Crippen molar-refractivity contribution in [3.05, 3.63) is 0 Å². The van der Waals surface area contributed by atoms with Gasteiger partial charge in [-0.3, -0.25) is 9.89 Å². The molecule has 1 N–H and O–H groups in total. The van der Waals surface area contributed by atoms with Gasteiger partial charge in [-0.05, 0) is 12.7 Å². The quantitative estimate of drug-likeness (QED) is 0.321. The molecule has 20 heavy (non-hydrogen) atoms. The molecule has 0 amide bonds. The number of morpholine rings is 1. The molecule has 0 aromatic carbocycles. The zero-order valence-electron chi connectivity index (χ0n) is 12.5. The van der Waals surface area contributed by atoms with E-state index in [1.165, 1.54) is 6.42 Å². The van der Waals surface area contributed by atoms with Crippen molar-refractivity contribution >= 4 is 41.7 Å². The molecule has 2 saturated heterocycles. The van der Waals surface area contributed by atoms with Gasteiger partial charge in [0.25, 0.3) is 0 Å². The molecule has 2 aliphatic rings. The van der Waals surface area contributed by atoms with Gasteiger partial charge in [0.15, 0.2) is 5.96 Å². The molecule has 0 spiro atoms. The van der Waals surface area contributed by atoms with Crippen molar-refractivity contribution in [3.63, 3.8) is 0 Å². The summed E-state index contributed by atoms with van der Waals surface area (Å²) in [6, 6.07) is 0.669. The van der Waals surface area contributed by atoms with Crippen LogP contribution >= 0.6 is 35.7 Å². The van der Waals surface area contributed by atoms with Crippen LogP contribution in [0.5, 0.6) is 0 Å². The molecule has 1 atom stereocenters. The van der Waals surface area contributed by atoms with Gasteiger partial charge < -0.3 is 15.0 Å². The van der Waals surface area contributed by atoms with Crippen LogP contribution in [0.25, 0.3) is 0 Å². The van der Waals surface area contributed by atoms with Crippen molar-refractivity contribution in [2.75, 3.05) is 65.0 Å². The third kappa shape index (κ3) is 5.23. The Bertz CT molecular complexity index is 300. The summed E-state index contributed by atoms with van der Waals surface area (Å²) < 4.78 is 5.43. The monoisotopic (exact) mass is 414 g/mol. The first-order valence-electron chi connectivity index (χ1n) is 7.11. The Morgan fingerprint density at radius 1 is 1.35 bits per heavy atom. The zero-order chi connectivity index (χ0) is 13.5. The van der Waals surface area contributed by atoms with Gasteiger partial charge in [0.2, 0.25) is 0 Å². The number of nitrogens with zero attached hydrogens (tertiary/aromatic N) is 3. The van der Waals surface area contributed by atoms with E-state index in [0.29, 0.717) is 6.04 Å². The predicted molar refractivity (Wildman–Crippen MR) is 97.5 cm³/mol. The molecule has 0 aromatic heterocycles. The summed E-state index contributed by atoms with van der Waals surface area (Å²) in [5, 5.41) is 3.45. The maximum atomic E-state index is 5.43. The summed E-state index contributed by atoms with van der Waals surface area (Å²) in [4.78, 5) is 9.36. The minimum atomic E-state index is 0. The topological polar surface area (TPSA) is 40.1 Å². The van der Waals surface area contributed by atoms with Crippen LogP contribution < -0.4 is 5.32 Å². The van der Waals surface area contributed by atoms with Crippen LogP contribution in [-0.2, 0) is 4.74 Å². The lowest BCUT2D eigenvalue weighted by Gasteiger charge is -2.32. The van der Waals surface area contributed by atoms with Crippen molar-refractivity contribution in [1.82, 2.24) is 15.1 Å². The summed E-state index contributed by atoms with van der Waals surface area (Å²) in [6.07, 6.45) is 3.37. The first kappa shape index (κ1) is 18.3. The van der Waals surface area contributed by atoms with Gasteiger partial charge in [-0.1, -0.05) is 0 Å². The number of aliphatic imine (C=N–C) groups is 1. The van der Waals surface area contributed by atoms with Gasteiger partial charge in [0.05, 0.1) is 13.2 Å². The molecule has 5 nitrogen and oxygen atoms in total. The van der Waals surface area contributed by atoms with E-state index in [4.69, 9.17) is 4.74 Å². The van der Waals surface area contributed by atoms with E-state index < -0.39 is 0 Å². The third-order valence-electron chi connectivity index (χ3n) is 3.83. The van der Waals surface area contributed by atoms with Gasteiger partial charge in [0, 0.05) is 51.6 Å². The molecule has 0 bridgehead atoms. The number of rotatable bonds is 4. The highest BCUT2D eigenvalue weighted by atomic mass is 127. The van der Waals surface area contributed by atoms with Crippen LogP contribution in [0, 0.1) is 0 Å². The number of thioether (sulfide) groups is 1. The average molecular weight is 414 g/mol. The number of hydrogen-bond acceptors (Lipinski definition) is 4. The fraction of sp³-hybridized carbons (Fsp3) is 0.923. The second kappa shape index (κ2) is 10.1. The first-order valence-corrected chi connectivity index (χ1v) is 8.51. The summed E-state index contributed by atoms with van der Waals surface area (Å²) >= 11 is 1.86. The summed E-state index contributed by atoms with van der Waals surface area (Å²) in [5.41, 5.74) is 0. The molecule has 0 radical (unpaired) electrons. The molecule has 0 saturated carbocycles. The van der Waals surface area contributed by atoms with Gasteiger partial charge in [-0.2, -0.15) is 11.8 Å². The van der Waals surface area contributed by atoms with E-state index in [2.05, 4.69) is 26.4 Å². The Morgan fingerprint density at radius 2 is 2.10 bits per heavy atom. The van der Waals surface area contributed by atoms with Gasteiger partial charge in [-0.15, -0.1) is 24.0 Å². The second-order valence-corrected chi connectivity index (χ2v) is 5.99. The van der Waals surface area contributed by atoms with Gasteiger partial charge in [0.1, 0.15) is 0 Å². The van der Waals surface area contributed by atoms with E-state index >= 15 is 0 Å². The molecule has 0 aliphatic carbocycles. The SMILES string of the molecule is CN=C(NCCSC)N1CCC(N2CCOCC2)C1.I. The lowest BCUT2D eigenvalue weighted by atomic mass is 10.2. The van der Waals surface area contributed by atoms with Gasteiger partial charge >= 0.3 is 0 Å². The van der Waals surface area contributed by atoms with Crippen LogP contribution in [0.3, 0.4) is 0 Å². The number of hydrogen-bond donors (Lipinski definition) is 1. The molecule has 0 aromatic rings. The van der Waals surface area contributed by atoms with Crippen molar-refractivity contribution in [1.29, 1.82) is 0 Å². The lowest BCUT2D eigenvalue weighted by molar-refractivity contribution is 0.0195. The highest BCUT2D eigenvalue weighted by molar-refractivity contribution is 14.0. The van der Waals surface area contributed by atoms with E-state index in [-0.39, 0.29) is 24.0 Å². The molecule has 2 fully saturated rings. The van der Waals surface area contributed by atoms with Gasteiger partial charge in [-0.25, -0.2) is 0 Å². The van der Waals surface area contributed by atoms with Crippen LogP contribution in [0.2, 0.25) is 0 Å². The van der Waals surface area contributed by atoms with Crippen LogP contribution in [0.1, 0.15) is 6.42 Å². The molecule has 2 heterocycles. The van der Waals surface area contributed by atoms with Crippen molar-refractivity contribution in [2.45, 2.75) is 12.5 Å². The number of nitrogens with one attached hydrogen (secondary N) is 1. The molecule has 2 aliphatic heterocycles. The number of guanidine groups is 1. The standard InChI is InChI=1S/C13H26N4OS.HI/c1-14-13(15-4-10-19-2)17-5-3-12(11-17)16-6-8-18-9-7-16;/h12H,3-11H2,1-2H3,(H,14,15);1H. The molecular formula is C13H27IN4OS. The summed E-state index contributed by atoms with van der Waals surface area (Å²) in [5.74, 6) is 2.18. The summed E-state index contributed by atoms with van der Waals surface area (Å²) in [7, 11) is 1.88. The van der Waals surface area contributed by atoms with Crippen molar-refractivity contribution in [2.24, 2.45) is 4.99 Å². The second-order valence-electron chi connectivity index (χ2n) is 5.00. The number of likely N-dealkylation sites (tertiary alicyclic amines) is 1. The predicted octanol–water partition coefficient (Wildman–Crippen LogP) is 0.949. The third-order valence-corrected chi connectivity index (χ3v) is 4.44. The minimum Gasteiger partial charge on any atom is -0.379 e. The van der Waals surface area contributed by atoms with Crippen molar-refractivity contribution in [3.8, 4) is 0 Å². The highest BCUT2D eigenvalue weighted by Gasteiger charge is 2.29. The number of halogens is 1. The Labute approximate surface area is 143 Å². The lowest BCUT2D eigenvalue weighted by Crippen LogP contribution is -2.47. The zero-order valence-corrected chi connectivity index (χ0v) is 15.7. The first-order chi connectivity index (χ1) is 9.35. The Morgan fingerprint density at radius 3 is 2.75 bits per heavy atom. The van der Waals surface area contributed by atoms with E-state index in [0.717, 1.165) is 57.6 Å². The molecule has 2 rings (SSSR count). The Kier molecular flexibility index (Phi) is 9.23. The van der Waals surface area contributed by atoms with E-state index in [1.54, 1.807) is 0 Å². The smallest absolute Gasteiger partial charge is 0.193 e. The Balaban J connectivity index is 0.00000200. The number of ether oxygens (including phenoxy) is 1. The van der Waals surface area contributed by atoms with Crippen LogP contribution in [0.4, 0.5) is 0 Å². The maximum Gasteiger partial charge on any atom is 0.193 e. The minimum absolute atomic E-state index is 0. The normalized spacial score (nSPS) is 24.6. The molecule has 118 valence electrons. The molecule has 7 heteroatoms. The molecule has 1 unspecified atom stereocenters. The van der Waals surface area contributed by atoms with E-state index in [1.807, 2.05) is 18.8 Å². The maximum absolute atomic E-state index is 5.43. The summed E-state index contributed by atoms with van der Waals surface area (Å²) in [6.45, 7) is 7.13.